The number of ether oxygens (including phenoxy) is 2. The smallest absolute Gasteiger partial charge is 0.311 e. The number of carbonyl (C=O) groups is 1. The highest BCUT2D eigenvalue weighted by Crippen LogP contribution is 2.24. The highest BCUT2D eigenvalue weighted by Gasteiger charge is 2.20. The van der Waals surface area contributed by atoms with Gasteiger partial charge >= 0.3 is 5.97 Å². The molecular formula is C25H26O4. The van der Waals surface area contributed by atoms with Crippen LogP contribution in [0.25, 0.3) is 0 Å². The molecule has 3 aromatic carbocycles. The minimum Gasteiger partial charge on any atom is -0.490 e. The van der Waals surface area contributed by atoms with Crippen molar-refractivity contribution >= 4 is 5.97 Å². The van der Waals surface area contributed by atoms with E-state index in [9.17, 15) is 9.90 Å². The second kappa shape index (κ2) is 9.78. The molecule has 4 nitrogen and oxygen atoms in total. The quantitative estimate of drug-likeness (QED) is 0.512. The van der Waals surface area contributed by atoms with Gasteiger partial charge < -0.3 is 14.6 Å². The number of aryl methyl sites for hydroxylation is 2. The Kier molecular flexibility index (Phi) is 6.90. The summed E-state index contributed by atoms with van der Waals surface area (Å²) in [5.74, 6) is 0.270. The number of carboxylic acids is 1. The Morgan fingerprint density at radius 1 is 0.828 bits per heavy atom. The number of aliphatic carboxylic acids is 1. The lowest BCUT2D eigenvalue weighted by Gasteiger charge is -2.14. The van der Waals surface area contributed by atoms with Gasteiger partial charge in [0, 0.05) is 0 Å². The van der Waals surface area contributed by atoms with Gasteiger partial charge in [-0.1, -0.05) is 60.7 Å². The standard InChI is InChI=1S/C25H26O4/c1-18-7-6-8-19(2)24(18)29-16-15-28-22-13-11-20(12-14-22)17-23(25(26)27)21-9-4-3-5-10-21/h3-14,23H,15-17H2,1-2H3,(H,26,27). The van der Waals surface area contributed by atoms with E-state index in [1.54, 1.807) is 0 Å². The molecule has 150 valence electrons. The third-order valence-corrected chi connectivity index (χ3v) is 4.87. The van der Waals surface area contributed by atoms with Crippen molar-refractivity contribution in [3.05, 3.63) is 95.1 Å². The highest BCUT2D eigenvalue weighted by molar-refractivity contribution is 5.76. The maximum Gasteiger partial charge on any atom is 0.311 e. The number of hydrogen-bond acceptors (Lipinski definition) is 3. The number of para-hydroxylation sites is 1. The van der Waals surface area contributed by atoms with Crippen molar-refractivity contribution in [1.29, 1.82) is 0 Å². The summed E-state index contributed by atoms with van der Waals surface area (Å²) in [6.07, 6.45) is 0.440. The van der Waals surface area contributed by atoms with Gasteiger partial charge in [0.2, 0.25) is 0 Å². The van der Waals surface area contributed by atoms with Crippen LogP contribution in [0.2, 0.25) is 0 Å². The van der Waals surface area contributed by atoms with Crippen molar-refractivity contribution in [3.63, 3.8) is 0 Å². The van der Waals surface area contributed by atoms with Crippen molar-refractivity contribution in [3.8, 4) is 11.5 Å². The summed E-state index contributed by atoms with van der Waals surface area (Å²) in [7, 11) is 0. The molecule has 0 bridgehead atoms. The number of carboxylic acid groups (broad SMARTS) is 1. The van der Waals surface area contributed by atoms with Crippen molar-refractivity contribution in [2.75, 3.05) is 13.2 Å². The van der Waals surface area contributed by atoms with Gasteiger partial charge in [-0.3, -0.25) is 4.79 Å². The van der Waals surface area contributed by atoms with E-state index in [0.29, 0.717) is 19.6 Å². The van der Waals surface area contributed by atoms with Gasteiger partial charge in [-0.05, 0) is 54.7 Å². The third kappa shape index (κ3) is 5.61. The van der Waals surface area contributed by atoms with Crippen molar-refractivity contribution in [2.45, 2.75) is 26.2 Å². The van der Waals surface area contributed by atoms with Crippen LogP contribution in [0.5, 0.6) is 11.5 Å². The van der Waals surface area contributed by atoms with Crippen LogP contribution in [0.4, 0.5) is 0 Å². The van der Waals surface area contributed by atoms with Gasteiger partial charge in [0.15, 0.2) is 0 Å². The van der Waals surface area contributed by atoms with Crippen LogP contribution >= 0.6 is 0 Å². The van der Waals surface area contributed by atoms with Crippen LogP contribution < -0.4 is 9.47 Å². The molecule has 0 aliphatic rings. The van der Waals surface area contributed by atoms with Gasteiger partial charge in [0.1, 0.15) is 24.7 Å². The van der Waals surface area contributed by atoms with Crippen molar-refractivity contribution < 1.29 is 19.4 Å². The molecular weight excluding hydrogens is 364 g/mol. The van der Waals surface area contributed by atoms with Crippen LogP contribution in [0, 0.1) is 13.8 Å². The molecule has 0 radical (unpaired) electrons. The molecule has 0 amide bonds. The van der Waals surface area contributed by atoms with Gasteiger partial charge in [-0.15, -0.1) is 0 Å². The van der Waals surface area contributed by atoms with E-state index in [1.807, 2.05) is 86.6 Å². The molecule has 3 aromatic rings. The van der Waals surface area contributed by atoms with Gasteiger partial charge in [-0.2, -0.15) is 0 Å². The molecule has 0 spiro atoms. The summed E-state index contributed by atoms with van der Waals surface area (Å²) in [5.41, 5.74) is 3.99. The van der Waals surface area contributed by atoms with Crippen LogP contribution in [-0.2, 0) is 11.2 Å². The molecule has 29 heavy (non-hydrogen) atoms. The molecule has 3 rings (SSSR count). The molecule has 0 fully saturated rings. The Hall–Kier alpha value is -3.27. The molecule has 1 N–H and O–H groups in total. The Bertz CT molecular complexity index is 913. The monoisotopic (exact) mass is 390 g/mol. The zero-order valence-electron chi connectivity index (χ0n) is 16.8. The molecule has 0 saturated carbocycles. The van der Waals surface area contributed by atoms with E-state index >= 15 is 0 Å². The lowest BCUT2D eigenvalue weighted by molar-refractivity contribution is -0.138. The summed E-state index contributed by atoms with van der Waals surface area (Å²) in [4.78, 5) is 11.7. The van der Waals surface area contributed by atoms with E-state index in [2.05, 4.69) is 0 Å². The van der Waals surface area contributed by atoms with Gasteiger partial charge in [0.25, 0.3) is 0 Å². The largest absolute Gasteiger partial charge is 0.490 e. The SMILES string of the molecule is Cc1cccc(C)c1OCCOc1ccc(CC(C(=O)O)c2ccccc2)cc1. The number of hydrogen-bond donors (Lipinski definition) is 1. The third-order valence-electron chi connectivity index (χ3n) is 4.87. The zero-order valence-corrected chi connectivity index (χ0v) is 16.8. The average Bonchev–Trinajstić information content (AvgIpc) is 2.72. The van der Waals surface area contributed by atoms with E-state index in [4.69, 9.17) is 9.47 Å². The first-order chi connectivity index (χ1) is 14.0. The molecule has 0 saturated heterocycles. The van der Waals surface area contributed by atoms with E-state index in [1.165, 1.54) is 0 Å². The summed E-state index contributed by atoms with van der Waals surface area (Å²) in [6.45, 7) is 4.96. The van der Waals surface area contributed by atoms with Gasteiger partial charge in [0.05, 0.1) is 5.92 Å². The maximum absolute atomic E-state index is 11.7. The Morgan fingerprint density at radius 2 is 1.45 bits per heavy atom. The second-order valence-corrected chi connectivity index (χ2v) is 7.07. The summed E-state index contributed by atoms with van der Waals surface area (Å²) >= 11 is 0. The van der Waals surface area contributed by atoms with Crippen LogP contribution in [-0.4, -0.2) is 24.3 Å². The first-order valence-electron chi connectivity index (χ1n) is 9.73. The van der Waals surface area contributed by atoms with Crippen LogP contribution in [0.3, 0.4) is 0 Å². The van der Waals surface area contributed by atoms with Crippen LogP contribution in [0.15, 0.2) is 72.8 Å². The molecule has 1 atom stereocenters. The topological polar surface area (TPSA) is 55.8 Å². The Labute approximate surface area is 171 Å². The van der Waals surface area contributed by atoms with E-state index < -0.39 is 11.9 Å². The summed E-state index contributed by atoms with van der Waals surface area (Å²) < 4.78 is 11.6. The minimum absolute atomic E-state index is 0.439. The fourth-order valence-corrected chi connectivity index (χ4v) is 3.32. The number of benzene rings is 3. The fraction of sp³-hybridized carbons (Fsp3) is 0.240. The molecule has 0 aromatic heterocycles. The van der Waals surface area contributed by atoms with E-state index in [0.717, 1.165) is 33.8 Å². The van der Waals surface area contributed by atoms with Crippen molar-refractivity contribution in [1.82, 2.24) is 0 Å². The van der Waals surface area contributed by atoms with E-state index in [-0.39, 0.29) is 0 Å². The highest BCUT2D eigenvalue weighted by atomic mass is 16.5. The zero-order chi connectivity index (χ0) is 20.6. The first-order valence-corrected chi connectivity index (χ1v) is 9.73. The van der Waals surface area contributed by atoms with Crippen molar-refractivity contribution in [2.24, 2.45) is 0 Å². The second-order valence-electron chi connectivity index (χ2n) is 7.07. The molecule has 4 heteroatoms. The minimum atomic E-state index is -0.819. The molecule has 0 aliphatic heterocycles. The fourth-order valence-electron chi connectivity index (χ4n) is 3.32. The van der Waals surface area contributed by atoms with Gasteiger partial charge in [-0.25, -0.2) is 0 Å². The lowest BCUT2D eigenvalue weighted by atomic mass is 9.92. The predicted molar refractivity (Wildman–Crippen MR) is 114 cm³/mol. The molecule has 0 aliphatic carbocycles. The predicted octanol–water partition coefficient (Wildman–Crippen LogP) is 5.17. The molecule has 0 heterocycles. The molecule has 1 unspecified atom stereocenters. The summed E-state index contributed by atoms with van der Waals surface area (Å²) in [6, 6.07) is 23.0. The average molecular weight is 390 g/mol. The Balaban J connectivity index is 1.53. The first kappa shape index (κ1) is 20.5. The lowest BCUT2D eigenvalue weighted by Crippen LogP contribution is -2.14. The Morgan fingerprint density at radius 3 is 2.07 bits per heavy atom. The van der Waals surface area contributed by atoms with Crippen LogP contribution in [0.1, 0.15) is 28.2 Å². The maximum atomic E-state index is 11.7. The normalized spacial score (nSPS) is 11.7. The number of rotatable bonds is 9. The summed E-state index contributed by atoms with van der Waals surface area (Å²) in [5, 5.41) is 9.58.